The number of ether oxygens (including phenoxy) is 3. The number of benzene rings is 1. The van der Waals surface area contributed by atoms with E-state index in [1.807, 2.05) is 24.3 Å². The van der Waals surface area contributed by atoms with Gasteiger partial charge in [-0.3, -0.25) is 0 Å². The number of hydrogen-bond acceptors (Lipinski definition) is 5. The lowest BCUT2D eigenvalue weighted by molar-refractivity contribution is 0.0344. The van der Waals surface area contributed by atoms with Gasteiger partial charge < -0.3 is 23.8 Å². The third kappa shape index (κ3) is 4.90. The van der Waals surface area contributed by atoms with Crippen LogP contribution in [-0.4, -0.2) is 52.6 Å². The Morgan fingerprint density at radius 3 is 2.26 bits per heavy atom. The molecule has 4 aromatic rings. The zero-order valence-electron chi connectivity index (χ0n) is 21.5. The van der Waals surface area contributed by atoms with E-state index in [0.29, 0.717) is 39.6 Å². The van der Waals surface area contributed by atoms with E-state index in [2.05, 4.69) is 76.3 Å². The minimum absolute atomic E-state index is 0.453. The molecular formula is C32H28N4O3. The summed E-state index contributed by atoms with van der Waals surface area (Å²) < 4.78 is 20.2. The van der Waals surface area contributed by atoms with Crippen LogP contribution in [0.25, 0.3) is 57.5 Å². The van der Waals surface area contributed by atoms with Crippen LogP contribution >= 0.6 is 0 Å². The number of para-hydroxylation sites is 1. The van der Waals surface area contributed by atoms with E-state index in [-0.39, 0.29) is 0 Å². The standard InChI is InChI=1S/C32H28N4O3/c1-2-4-31-28(3-1)32-29-11-9-25(35-29)20-24-6-5-22(33-24)19-23-7-8-26(34-23)21-27-10-12-30(32)36(27)13-14-37-15-16-38-17-18-39-31/h1-12,19-21,33H,13-18H2. The second kappa shape index (κ2) is 10.4. The quantitative estimate of drug-likeness (QED) is 0.259. The molecule has 1 aromatic carbocycles. The molecule has 0 spiro atoms. The molecule has 194 valence electrons. The van der Waals surface area contributed by atoms with Gasteiger partial charge in [-0.1, -0.05) is 18.2 Å². The molecule has 0 aliphatic carbocycles. The maximum absolute atomic E-state index is 6.24. The first-order valence-electron chi connectivity index (χ1n) is 13.3. The third-order valence-corrected chi connectivity index (χ3v) is 6.98. The normalized spacial score (nSPS) is 15.4. The molecule has 3 aromatic heterocycles. The highest BCUT2D eigenvalue weighted by Crippen LogP contribution is 2.37. The van der Waals surface area contributed by atoms with Gasteiger partial charge >= 0.3 is 0 Å². The summed E-state index contributed by atoms with van der Waals surface area (Å²) in [6, 6.07) is 22.8. The van der Waals surface area contributed by atoms with Gasteiger partial charge in [0.05, 0.1) is 54.7 Å². The summed E-state index contributed by atoms with van der Waals surface area (Å²) in [6.07, 6.45) is 8.23. The number of hydrogen-bond donors (Lipinski definition) is 1. The molecule has 0 fully saturated rings. The van der Waals surface area contributed by atoms with Crippen LogP contribution in [0.2, 0.25) is 0 Å². The third-order valence-electron chi connectivity index (χ3n) is 6.98. The summed E-state index contributed by atoms with van der Waals surface area (Å²) >= 11 is 0. The van der Waals surface area contributed by atoms with Crippen LogP contribution in [0.3, 0.4) is 0 Å². The fourth-order valence-electron chi connectivity index (χ4n) is 5.19. The molecular weight excluding hydrogens is 488 g/mol. The van der Waals surface area contributed by atoms with Crippen LogP contribution in [0.5, 0.6) is 5.75 Å². The van der Waals surface area contributed by atoms with Crippen LogP contribution in [0.1, 0.15) is 22.8 Å². The zero-order chi connectivity index (χ0) is 26.0. The fraction of sp³-hybridized carbons (Fsp3) is 0.188. The van der Waals surface area contributed by atoms with Gasteiger partial charge in [0.1, 0.15) is 12.4 Å². The number of fused-ring (bicyclic) bond motifs is 9. The highest BCUT2D eigenvalue weighted by Gasteiger charge is 2.17. The first-order valence-corrected chi connectivity index (χ1v) is 13.3. The molecule has 3 aliphatic rings. The predicted molar refractivity (Wildman–Crippen MR) is 155 cm³/mol. The first-order chi connectivity index (χ1) is 19.3. The number of rotatable bonds is 0. The lowest BCUT2D eigenvalue weighted by Gasteiger charge is -2.16. The van der Waals surface area contributed by atoms with Crippen molar-refractivity contribution in [1.82, 2.24) is 19.5 Å². The van der Waals surface area contributed by atoms with Crippen molar-refractivity contribution < 1.29 is 14.2 Å². The van der Waals surface area contributed by atoms with Gasteiger partial charge in [0, 0.05) is 34.2 Å². The minimum atomic E-state index is 0.453. The van der Waals surface area contributed by atoms with Gasteiger partial charge in [-0.25, -0.2) is 9.97 Å². The Morgan fingerprint density at radius 1 is 0.667 bits per heavy atom. The number of aromatic nitrogens is 4. The Labute approximate surface area is 226 Å². The largest absolute Gasteiger partial charge is 0.491 e. The maximum Gasteiger partial charge on any atom is 0.127 e. The molecule has 10 bridgehead atoms. The van der Waals surface area contributed by atoms with E-state index in [0.717, 1.165) is 61.7 Å². The van der Waals surface area contributed by atoms with Crippen LogP contribution in [0.4, 0.5) is 0 Å². The van der Waals surface area contributed by atoms with Gasteiger partial charge in [-0.05, 0) is 72.8 Å². The monoisotopic (exact) mass is 516 g/mol. The Kier molecular flexibility index (Phi) is 6.28. The Morgan fingerprint density at radius 2 is 1.38 bits per heavy atom. The summed E-state index contributed by atoms with van der Waals surface area (Å²) in [4.78, 5) is 13.4. The summed E-state index contributed by atoms with van der Waals surface area (Å²) in [7, 11) is 0. The Hall–Kier alpha value is -4.46. The molecule has 7 nitrogen and oxygen atoms in total. The molecule has 0 unspecified atom stereocenters. The molecule has 0 radical (unpaired) electrons. The Balaban J connectivity index is 1.57. The zero-order valence-corrected chi connectivity index (χ0v) is 21.5. The summed E-state index contributed by atoms with van der Waals surface area (Å²) in [5, 5.41) is 0. The fourth-order valence-corrected chi connectivity index (χ4v) is 5.19. The van der Waals surface area contributed by atoms with E-state index >= 15 is 0 Å². The molecule has 6 heterocycles. The van der Waals surface area contributed by atoms with Gasteiger partial charge in [0.15, 0.2) is 0 Å². The van der Waals surface area contributed by atoms with Gasteiger partial charge in [0.25, 0.3) is 0 Å². The average molecular weight is 517 g/mol. The van der Waals surface area contributed by atoms with Crippen molar-refractivity contribution in [3.05, 3.63) is 89.5 Å². The molecule has 39 heavy (non-hydrogen) atoms. The highest BCUT2D eigenvalue weighted by molar-refractivity contribution is 5.93. The van der Waals surface area contributed by atoms with Crippen LogP contribution < -0.4 is 4.74 Å². The SMILES string of the molecule is C1=Cc2cc3ccc4c(c5nc(cc6ccc(cc1n2)[nH]6)C=C5)-c1ccccc1OCCOCCOCCn34. The molecule has 0 amide bonds. The predicted octanol–water partition coefficient (Wildman–Crippen LogP) is 6.22. The topological polar surface area (TPSA) is 74.2 Å². The molecule has 0 atom stereocenters. The van der Waals surface area contributed by atoms with Gasteiger partial charge in [-0.2, -0.15) is 0 Å². The van der Waals surface area contributed by atoms with Crippen molar-refractivity contribution in [1.29, 1.82) is 0 Å². The smallest absolute Gasteiger partial charge is 0.127 e. The number of nitrogens with zero attached hydrogens (tertiary/aromatic N) is 3. The van der Waals surface area contributed by atoms with E-state index in [9.17, 15) is 0 Å². The molecule has 0 saturated heterocycles. The van der Waals surface area contributed by atoms with E-state index in [4.69, 9.17) is 24.2 Å². The highest BCUT2D eigenvalue weighted by atomic mass is 16.5. The number of H-pyrrole nitrogens is 1. The van der Waals surface area contributed by atoms with Gasteiger partial charge in [0.2, 0.25) is 0 Å². The van der Waals surface area contributed by atoms with E-state index < -0.39 is 0 Å². The summed E-state index contributed by atoms with van der Waals surface area (Å²) in [5.74, 6) is 0.803. The Bertz CT molecular complexity index is 1760. The van der Waals surface area contributed by atoms with Crippen molar-refractivity contribution in [2.45, 2.75) is 6.54 Å². The average Bonchev–Trinajstić information content (AvgIpc) is 3.75. The van der Waals surface area contributed by atoms with Crippen molar-refractivity contribution in [2.75, 3.05) is 33.0 Å². The molecule has 7 rings (SSSR count). The summed E-state index contributed by atoms with van der Waals surface area (Å²) in [6.45, 7) is 3.26. The molecule has 0 saturated carbocycles. The number of aromatic amines is 1. The number of nitrogens with one attached hydrogen (secondary N) is 1. The van der Waals surface area contributed by atoms with Crippen molar-refractivity contribution in [2.24, 2.45) is 0 Å². The minimum Gasteiger partial charge on any atom is -0.491 e. The molecule has 3 aliphatic heterocycles. The van der Waals surface area contributed by atoms with E-state index in [1.54, 1.807) is 0 Å². The maximum atomic E-state index is 6.24. The first kappa shape index (κ1) is 23.6. The second-order valence-corrected chi connectivity index (χ2v) is 9.59. The van der Waals surface area contributed by atoms with Crippen molar-refractivity contribution in [3.8, 4) is 16.9 Å². The van der Waals surface area contributed by atoms with Crippen molar-refractivity contribution >= 4 is 46.4 Å². The van der Waals surface area contributed by atoms with E-state index in [1.165, 1.54) is 0 Å². The van der Waals surface area contributed by atoms with Gasteiger partial charge in [-0.15, -0.1) is 0 Å². The summed E-state index contributed by atoms with van der Waals surface area (Å²) in [5.41, 5.74) is 9.64. The van der Waals surface area contributed by atoms with Crippen LogP contribution in [0, 0.1) is 0 Å². The lowest BCUT2D eigenvalue weighted by Crippen LogP contribution is -2.14. The molecule has 1 N–H and O–H groups in total. The lowest BCUT2D eigenvalue weighted by atomic mass is 10.0. The molecule has 7 heteroatoms. The van der Waals surface area contributed by atoms with Crippen LogP contribution in [-0.2, 0) is 16.0 Å². The van der Waals surface area contributed by atoms with Crippen LogP contribution in [0.15, 0.2) is 66.7 Å². The second-order valence-electron chi connectivity index (χ2n) is 9.59. The van der Waals surface area contributed by atoms with Crippen molar-refractivity contribution in [3.63, 3.8) is 0 Å².